The third-order valence-electron chi connectivity index (χ3n) is 6.78. The van der Waals surface area contributed by atoms with E-state index in [1.165, 1.54) is 18.3 Å². The molecule has 0 radical (unpaired) electrons. The van der Waals surface area contributed by atoms with Gasteiger partial charge in [0.1, 0.15) is 0 Å². The number of amides is 1. The summed E-state index contributed by atoms with van der Waals surface area (Å²) in [7, 11) is 0. The Morgan fingerprint density at radius 3 is 2.30 bits per heavy atom. The second-order valence-corrected chi connectivity index (χ2v) is 8.79. The lowest BCUT2D eigenvalue weighted by atomic mass is 9.80. The van der Waals surface area contributed by atoms with Crippen LogP contribution in [0.2, 0.25) is 0 Å². The van der Waals surface area contributed by atoms with Crippen molar-refractivity contribution in [3.63, 3.8) is 0 Å². The zero-order chi connectivity index (χ0) is 22.5. The number of ketones is 1. The zero-order valence-corrected chi connectivity index (χ0v) is 17.5. The molecule has 1 aromatic carbocycles. The van der Waals surface area contributed by atoms with Gasteiger partial charge >= 0.3 is 6.18 Å². The summed E-state index contributed by atoms with van der Waals surface area (Å²) in [5.74, 6) is -0.596. The number of carbonyl (C=O) groups is 2. The van der Waals surface area contributed by atoms with Crippen molar-refractivity contribution < 1.29 is 22.8 Å². The van der Waals surface area contributed by atoms with Crippen LogP contribution in [-0.2, 0) is 22.2 Å². The third-order valence-corrected chi connectivity index (χ3v) is 6.78. The molecule has 1 heterocycles. The molecule has 0 spiro atoms. The maximum absolute atomic E-state index is 13.3. The quantitative estimate of drug-likeness (QED) is 0.683. The summed E-state index contributed by atoms with van der Waals surface area (Å²) in [4.78, 5) is 29.3. The summed E-state index contributed by atoms with van der Waals surface area (Å²) in [6, 6.07) is 6.07. The topological polar surface area (TPSA) is 78.0 Å². The molecule has 2 N–H and O–H groups in total. The van der Waals surface area contributed by atoms with Crippen LogP contribution in [0.5, 0.6) is 0 Å². The molecule has 1 saturated carbocycles. The first-order chi connectivity index (χ1) is 13.8. The Labute approximate surface area is 173 Å². The smallest absolute Gasteiger partial charge is 0.369 e. The van der Waals surface area contributed by atoms with Crippen LogP contribution < -0.4 is 5.73 Å². The molecule has 0 aliphatic heterocycles. The summed E-state index contributed by atoms with van der Waals surface area (Å²) >= 11 is 0. The first-order valence-electron chi connectivity index (χ1n) is 9.82. The predicted octanol–water partition coefficient (Wildman–Crippen LogP) is 4.15. The Balaban J connectivity index is 1.89. The van der Waals surface area contributed by atoms with Crippen molar-refractivity contribution >= 4 is 11.7 Å². The van der Waals surface area contributed by atoms with Crippen LogP contribution in [0, 0.1) is 5.41 Å². The molecule has 1 aromatic heterocycles. The number of Topliss-reactive ketones (excluding diaryl/α,β-unsaturated/α-hetero) is 1. The molecule has 5 nitrogen and oxygen atoms in total. The summed E-state index contributed by atoms with van der Waals surface area (Å²) in [5, 5.41) is 0. The molecule has 8 heteroatoms. The van der Waals surface area contributed by atoms with Crippen molar-refractivity contribution in [2.75, 3.05) is 0 Å². The molecule has 1 aliphatic carbocycles. The number of halogens is 3. The molecule has 3 rings (SSSR count). The minimum atomic E-state index is -4.39. The van der Waals surface area contributed by atoms with Gasteiger partial charge in [-0.25, -0.2) is 4.98 Å². The molecule has 0 bridgehead atoms. The molecule has 30 heavy (non-hydrogen) atoms. The van der Waals surface area contributed by atoms with Gasteiger partial charge in [-0.3, -0.25) is 9.59 Å². The van der Waals surface area contributed by atoms with E-state index >= 15 is 0 Å². The number of hydrogen-bond donors (Lipinski definition) is 1. The Bertz CT molecular complexity index is 978. The van der Waals surface area contributed by atoms with E-state index in [0.717, 1.165) is 13.8 Å². The highest BCUT2D eigenvalue weighted by molar-refractivity contribution is 5.99. The molecule has 2 unspecified atom stereocenters. The number of primary amides is 1. The molecular weight excluding hydrogens is 395 g/mol. The summed E-state index contributed by atoms with van der Waals surface area (Å²) < 4.78 is 41.7. The molecule has 0 saturated heterocycles. The van der Waals surface area contributed by atoms with Crippen molar-refractivity contribution in [1.82, 2.24) is 9.55 Å². The number of imidazole rings is 1. The number of carbonyl (C=O) groups excluding carboxylic acids is 2. The molecule has 2 atom stereocenters. The third kappa shape index (κ3) is 3.22. The Hall–Kier alpha value is -2.64. The van der Waals surface area contributed by atoms with Gasteiger partial charge in [-0.05, 0) is 38.3 Å². The van der Waals surface area contributed by atoms with Gasteiger partial charge < -0.3 is 10.3 Å². The molecule has 1 fully saturated rings. The van der Waals surface area contributed by atoms with Crippen LogP contribution in [0.25, 0.3) is 0 Å². The van der Waals surface area contributed by atoms with E-state index in [1.807, 2.05) is 13.8 Å². The van der Waals surface area contributed by atoms with E-state index in [9.17, 15) is 22.8 Å². The SMILES string of the molecule is CCn1ccnc1C(=O)CC1(C(N)=O)CC1(C)c1ccc(C(C)(C)C(F)(F)F)cc1. The summed E-state index contributed by atoms with van der Waals surface area (Å²) in [5.41, 5.74) is 2.72. The number of alkyl halides is 3. The van der Waals surface area contributed by atoms with Gasteiger partial charge in [-0.15, -0.1) is 0 Å². The first-order valence-corrected chi connectivity index (χ1v) is 9.82. The van der Waals surface area contributed by atoms with Crippen LogP contribution in [0.4, 0.5) is 13.2 Å². The first kappa shape index (κ1) is 22.1. The standard InChI is InChI=1S/C22H26F3N3O2/c1-5-28-11-10-27-17(28)16(29)12-21(18(26)30)13-20(21,4)15-8-6-14(7-9-15)19(2,3)22(23,24)25/h6-11H,5,12-13H2,1-4H3,(H2,26,30). The van der Waals surface area contributed by atoms with E-state index in [0.29, 0.717) is 18.5 Å². The van der Waals surface area contributed by atoms with Gasteiger partial charge in [0, 0.05) is 30.8 Å². The molecule has 1 aliphatic rings. The van der Waals surface area contributed by atoms with Gasteiger partial charge in [-0.1, -0.05) is 31.2 Å². The van der Waals surface area contributed by atoms with E-state index in [4.69, 9.17) is 5.73 Å². The van der Waals surface area contributed by atoms with Crippen LogP contribution in [0.15, 0.2) is 36.7 Å². The molecule has 162 valence electrons. The van der Waals surface area contributed by atoms with E-state index < -0.39 is 28.3 Å². The van der Waals surface area contributed by atoms with E-state index in [-0.39, 0.29) is 23.6 Å². The zero-order valence-electron chi connectivity index (χ0n) is 17.5. The maximum atomic E-state index is 13.3. The average Bonchev–Trinajstić information content (AvgIpc) is 3.04. The second-order valence-electron chi connectivity index (χ2n) is 8.79. The van der Waals surface area contributed by atoms with Gasteiger partial charge in [0.15, 0.2) is 11.6 Å². The van der Waals surface area contributed by atoms with Gasteiger partial charge in [0.2, 0.25) is 5.91 Å². The van der Waals surface area contributed by atoms with Crippen molar-refractivity contribution in [3.05, 3.63) is 53.6 Å². The number of aromatic nitrogens is 2. The number of nitrogens with zero attached hydrogens (tertiary/aromatic N) is 2. The number of nitrogens with two attached hydrogens (primary N) is 1. The van der Waals surface area contributed by atoms with Crippen LogP contribution >= 0.6 is 0 Å². The minimum absolute atomic E-state index is 0.0916. The van der Waals surface area contributed by atoms with Crippen LogP contribution in [0.3, 0.4) is 0 Å². The lowest BCUT2D eigenvalue weighted by Gasteiger charge is -2.29. The summed E-state index contributed by atoms with van der Waals surface area (Å²) in [6.07, 6.45) is -0.900. The van der Waals surface area contributed by atoms with Crippen molar-refractivity contribution in [1.29, 1.82) is 0 Å². The van der Waals surface area contributed by atoms with Crippen molar-refractivity contribution in [2.45, 2.75) is 64.1 Å². The number of hydrogen-bond acceptors (Lipinski definition) is 3. The van der Waals surface area contributed by atoms with E-state index in [2.05, 4.69) is 4.98 Å². The van der Waals surface area contributed by atoms with Crippen LogP contribution in [-0.4, -0.2) is 27.4 Å². The van der Waals surface area contributed by atoms with Gasteiger partial charge in [0.05, 0.1) is 10.8 Å². The highest BCUT2D eigenvalue weighted by atomic mass is 19.4. The van der Waals surface area contributed by atoms with Crippen molar-refractivity contribution in [2.24, 2.45) is 11.1 Å². The number of aryl methyl sites for hydroxylation is 1. The predicted molar refractivity (Wildman–Crippen MR) is 106 cm³/mol. The highest BCUT2D eigenvalue weighted by Crippen LogP contribution is 2.66. The van der Waals surface area contributed by atoms with Gasteiger partial charge in [-0.2, -0.15) is 13.2 Å². The largest absolute Gasteiger partial charge is 0.397 e. The summed E-state index contributed by atoms with van der Waals surface area (Å²) in [6.45, 7) is 6.53. The van der Waals surface area contributed by atoms with Gasteiger partial charge in [0.25, 0.3) is 0 Å². The Morgan fingerprint density at radius 2 is 1.80 bits per heavy atom. The monoisotopic (exact) mass is 421 g/mol. The highest BCUT2D eigenvalue weighted by Gasteiger charge is 2.69. The fourth-order valence-corrected chi connectivity index (χ4v) is 4.23. The normalized spacial score (nSPS) is 24.0. The fraction of sp³-hybridized carbons (Fsp3) is 0.500. The fourth-order valence-electron chi connectivity index (χ4n) is 4.23. The lowest BCUT2D eigenvalue weighted by molar-refractivity contribution is -0.180. The number of benzene rings is 1. The Kier molecular flexibility index (Phi) is 5.12. The minimum Gasteiger partial charge on any atom is -0.369 e. The molecule has 1 amide bonds. The average molecular weight is 421 g/mol. The molecule has 2 aromatic rings. The molecular formula is C22H26F3N3O2. The van der Waals surface area contributed by atoms with Crippen molar-refractivity contribution in [3.8, 4) is 0 Å². The Morgan fingerprint density at radius 1 is 1.20 bits per heavy atom. The van der Waals surface area contributed by atoms with E-state index in [1.54, 1.807) is 22.9 Å². The van der Waals surface area contributed by atoms with Crippen LogP contribution in [0.1, 0.15) is 62.3 Å². The number of rotatable bonds is 7. The second kappa shape index (κ2) is 6.96. The maximum Gasteiger partial charge on any atom is 0.397 e. The lowest BCUT2D eigenvalue weighted by Crippen LogP contribution is -2.36.